The molecule has 0 saturated carbocycles. The van der Waals surface area contributed by atoms with Crippen molar-refractivity contribution in [3.05, 3.63) is 34.6 Å². The average molecular weight is 431 g/mol. The number of nitrogens with two attached hydrogens (primary N) is 1. The number of aromatic nitrogens is 6. The molecule has 13 heteroatoms. The van der Waals surface area contributed by atoms with Gasteiger partial charge in [-0.1, -0.05) is 6.92 Å². The van der Waals surface area contributed by atoms with Gasteiger partial charge in [0.15, 0.2) is 18.0 Å². The highest BCUT2D eigenvalue weighted by Gasteiger charge is 2.43. The Balaban J connectivity index is 1.80. The first-order valence-corrected chi connectivity index (χ1v) is 9.61. The van der Waals surface area contributed by atoms with Gasteiger partial charge in [0, 0.05) is 19.5 Å². The molecule has 1 saturated heterocycles. The Morgan fingerprint density at radius 3 is 2.87 bits per heavy atom. The molecule has 0 radical (unpaired) electrons. The smallest absolute Gasteiger partial charge is 0.333 e. The van der Waals surface area contributed by atoms with Crippen molar-refractivity contribution in [1.29, 1.82) is 0 Å². The van der Waals surface area contributed by atoms with Crippen LogP contribution in [0.5, 0.6) is 0 Å². The van der Waals surface area contributed by atoms with Gasteiger partial charge in [0.2, 0.25) is 12.2 Å². The van der Waals surface area contributed by atoms with Crippen molar-refractivity contribution in [3.63, 3.8) is 0 Å². The minimum absolute atomic E-state index is 0.0454. The lowest BCUT2D eigenvalue weighted by atomic mass is 10.2. The summed E-state index contributed by atoms with van der Waals surface area (Å²) in [6.07, 6.45) is 0.261. The van der Waals surface area contributed by atoms with Gasteiger partial charge in [-0.25, -0.2) is 14.3 Å². The zero-order valence-corrected chi connectivity index (χ0v) is 16.8. The van der Waals surface area contributed by atoms with E-state index < -0.39 is 36.3 Å². The molecule has 4 rings (SSSR count). The Bertz CT molecular complexity index is 1170. The van der Waals surface area contributed by atoms with Crippen molar-refractivity contribution in [2.45, 2.75) is 51.9 Å². The molecular weight excluding hydrogens is 410 g/mol. The number of hydrogen-bond donors (Lipinski definition) is 2. The normalized spacial score (nSPS) is 20.8. The number of rotatable bonds is 6. The lowest BCUT2D eigenvalue weighted by molar-refractivity contribution is -0.183. The van der Waals surface area contributed by atoms with E-state index in [1.54, 1.807) is 19.2 Å². The summed E-state index contributed by atoms with van der Waals surface area (Å²) in [5.74, 6) is -1.09. The highest BCUT2D eigenvalue weighted by atomic mass is 16.7. The molecule has 0 amide bonds. The number of esters is 2. The standard InChI is InChI=1S/C18H21N7O6/c1-3-13(27)30-14-6-12(29-9(2)26)16(31-14)25-15-11(7-20-17(19)22-15)24(18(25)28)8-10-4-5-21-23-10/h4-5,7,12,14,16H,3,6,8H2,1-2H3,(H,21,23)(H2,19,20,22)/t12-,14-,16-/m1/s1. The van der Waals surface area contributed by atoms with E-state index in [4.69, 9.17) is 19.9 Å². The minimum atomic E-state index is -1.08. The first-order chi connectivity index (χ1) is 14.9. The van der Waals surface area contributed by atoms with Crippen LogP contribution in [0, 0.1) is 0 Å². The first-order valence-electron chi connectivity index (χ1n) is 9.61. The number of nitrogen functional groups attached to an aromatic ring is 1. The van der Waals surface area contributed by atoms with E-state index in [1.165, 1.54) is 22.3 Å². The third-order valence-electron chi connectivity index (χ3n) is 4.77. The van der Waals surface area contributed by atoms with Crippen LogP contribution < -0.4 is 11.4 Å². The number of nitrogens with zero attached hydrogens (tertiary/aromatic N) is 5. The Labute approximate surface area is 175 Å². The Morgan fingerprint density at radius 2 is 2.19 bits per heavy atom. The molecule has 3 aromatic rings. The van der Waals surface area contributed by atoms with Crippen molar-refractivity contribution >= 4 is 29.1 Å². The van der Waals surface area contributed by atoms with Gasteiger partial charge in [0.05, 0.1) is 24.9 Å². The summed E-state index contributed by atoms with van der Waals surface area (Å²) in [7, 11) is 0. The summed E-state index contributed by atoms with van der Waals surface area (Å²) < 4.78 is 19.1. The molecule has 164 valence electrons. The quantitative estimate of drug-likeness (QED) is 0.509. The number of aromatic amines is 1. The minimum Gasteiger partial charge on any atom is -0.457 e. The number of ether oxygens (including phenoxy) is 3. The predicted molar refractivity (Wildman–Crippen MR) is 104 cm³/mol. The third-order valence-corrected chi connectivity index (χ3v) is 4.77. The van der Waals surface area contributed by atoms with E-state index in [9.17, 15) is 14.4 Å². The summed E-state index contributed by atoms with van der Waals surface area (Å²) in [5, 5.41) is 6.68. The molecular formula is C18H21N7O6. The lowest BCUT2D eigenvalue weighted by Gasteiger charge is -2.19. The molecule has 0 spiro atoms. The van der Waals surface area contributed by atoms with Gasteiger partial charge in [0.25, 0.3) is 0 Å². The van der Waals surface area contributed by atoms with Crippen LogP contribution in [0.15, 0.2) is 23.3 Å². The van der Waals surface area contributed by atoms with Gasteiger partial charge in [0.1, 0.15) is 5.52 Å². The molecule has 13 nitrogen and oxygen atoms in total. The summed E-state index contributed by atoms with van der Waals surface area (Å²) in [6.45, 7) is 3.05. The number of anilines is 1. The van der Waals surface area contributed by atoms with E-state index in [0.29, 0.717) is 11.2 Å². The maximum Gasteiger partial charge on any atom is 0.333 e. The Morgan fingerprint density at radius 1 is 1.39 bits per heavy atom. The molecule has 3 atom stereocenters. The zero-order valence-electron chi connectivity index (χ0n) is 16.8. The molecule has 1 fully saturated rings. The van der Waals surface area contributed by atoms with Crippen LogP contribution in [0.1, 0.15) is 38.6 Å². The molecule has 0 aliphatic carbocycles. The molecule has 1 aliphatic rings. The van der Waals surface area contributed by atoms with Gasteiger partial charge in [-0.05, 0) is 6.07 Å². The van der Waals surface area contributed by atoms with Crippen molar-refractivity contribution in [3.8, 4) is 0 Å². The predicted octanol–water partition coefficient (Wildman–Crippen LogP) is 0.0765. The third kappa shape index (κ3) is 3.99. The van der Waals surface area contributed by atoms with Gasteiger partial charge in [-0.3, -0.25) is 19.3 Å². The monoisotopic (exact) mass is 431 g/mol. The molecule has 0 bridgehead atoms. The van der Waals surface area contributed by atoms with Gasteiger partial charge in [-0.2, -0.15) is 10.1 Å². The Kier molecular flexibility index (Phi) is 5.42. The molecule has 1 aliphatic heterocycles. The van der Waals surface area contributed by atoms with E-state index in [2.05, 4.69) is 20.2 Å². The van der Waals surface area contributed by atoms with E-state index in [0.717, 1.165) is 0 Å². The van der Waals surface area contributed by atoms with Crippen LogP contribution in [0.4, 0.5) is 5.95 Å². The number of imidazole rings is 1. The molecule has 0 aromatic carbocycles. The van der Waals surface area contributed by atoms with E-state index in [1.807, 2.05) is 0 Å². The molecule has 4 heterocycles. The number of carbonyl (C=O) groups is 2. The topological polar surface area (TPSA) is 169 Å². The second-order valence-corrected chi connectivity index (χ2v) is 6.94. The summed E-state index contributed by atoms with van der Waals surface area (Å²) in [4.78, 5) is 44.9. The fourth-order valence-electron chi connectivity index (χ4n) is 3.45. The van der Waals surface area contributed by atoms with E-state index >= 15 is 0 Å². The second-order valence-electron chi connectivity index (χ2n) is 6.94. The fourth-order valence-corrected chi connectivity index (χ4v) is 3.45. The van der Waals surface area contributed by atoms with Gasteiger partial charge >= 0.3 is 17.6 Å². The van der Waals surface area contributed by atoms with Crippen LogP contribution in [0.2, 0.25) is 0 Å². The van der Waals surface area contributed by atoms with Crippen molar-refractivity contribution in [1.82, 2.24) is 29.3 Å². The maximum absolute atomic E-state index is 13.4. The largest absolute Gasteiger partial charge is 0.457 e. The van der Waals surface area contributed by atoms with Gasteiger partial charge in [-0.15, -0.1) is 0 Å². The van der Waals surface area contributed by atoms with Crippen molar-refractivity contribution in [2.24, 2.45) is 0 Å². The average Bonchev–Trinajstić information content (AvgIpc) is 3.42. The number of fused-ring (bicyclic) bond motifs is 1. The number of H-pyrrole nitrogens is 1. The van der Waals surface area contributed by atoms with Crippen molar-refractivity contribution in [2.75, 3.05) is 5.73 Å². The number of carbonyl (C=O) groups excluding carboxylic acids is 2. The highest BCUT2D eigenvalue weighted by Crippen LogP contribution is 2.33. The van der Waals surface area contributed by atoms with E-state index in [-0.39, 0.29) is 31.0 Å². The molecule has 0 unspecified atom stereocenters. The maximum atomic E-state index is 13.4. The van der Waals surface area contributed by atoms with Crippen LogP contribution >= 0.6 is 0 Å². The van der Waals surface area contributed by atoms with Crippen molar-refractivity contribution < 1.29 is 23.8 Å². The molecule has 3 aromatic heterocycles. The summed E-state index contributed by atoms with van der Waals surface area (Å²) >= 11 is 0. The van der Waals surface area contributed by atoms with Crippen LogP contribution in [-0.2, 0) is 30.3 Å². The SMILES string of the molecule is CCC(=O)O[C@H]1C[C@@H](OC(C)=O)[C@H](n2c(=O)n(Cc3ccn[nH]3)c3cnc(N)nc32)O1. The van der Waals surface area contributed by atoms with Crippen LogP contribution in [-0.4, -0.2) is 53.6 Å². The summed E-state index contributed by atoms with van der Waals surface area (Å²) in [5.41, 5.74) is 6.53. The first kappa shape index (κ1) is 20.5. The van der Waals surface area contributed by atoms with Gasteiger partial charge < -0.3 is 19.9 Å². The van der Waals surface area contributed by atoms with Crippen LogP contribution in [0.3, 0.4) is 0 Å². The molecule has 3 N–H and O–H groups in total. The zero-order chi connectivity index (χ0) is 22.1. The number of nitrogens with one attached hydrogen (secondary N) is 1. The van der Waals surface area contributed by atoms with Crippen LogP contribution in [0.25, 0.3) is 11.2 Å². The highest BCUT2D eigenvalue weighted by molar-refractivity contribution is 5.72. The fraction of sp³-hybridized carbons (Fsp3) is 0.444. The summed E-state index contributed by atoms with van der Waals surface area (Å²) in [6, 6.07) is 1.72. The molecule has 31 heavy (non-hydrogen) atoms. The number of hydrogen-bond acceptors (Lipinski definition) is 10. The Hall–Kier alpha value is -3.74. The lowest BCUT2D eigenvalue weighted by Crippen LogP contribution is -2.34. The second kappa shape index (κ2) is 8.18.